The van der Waals surface area contributed by atoms with Crippen molar-refractivity contribution in [1.82, 2.24) is 15.0 Å². The van der Waals surface area contributed by atoms with Gasteiger partial charge < -0.3 is 24.1 Å². The standard InChI is InChI=1S/C39H45N5O4/c1-23-30(33(43-18-15-39(6,7)16-19-43)31(24(2)42-23)34(37(45)46)48-38(3,4)5)26-12-13-27-21-44(17-14-25(27)20-26)36-35-32(40-22-41-36)28-10-8-9-11-29(28)47-35/h8-13,20,22,34H,14-19,21H2,1-7H3,(H,45,46)/t34-/m0/s1. The minimum atomic E-state index is -1.14. The van der Waals surface area contributed by atoms with Crippen LogP contribution in [-0.2, 0) is 22.5 Å². The summed E-state index contributed by atoms with van der Waals surface area (Å²) in [4.78, 5) is 31.7. The van der Waals surface area contributed by atoms with Crippen molar-refractivity contribution in [2.24, 2.45) is 5.41 Å². The molecule has 2 aliphatic heterocycles. The monoisotopic (exact) mass is 647 g/mol. The smallest absolute Gasteiger partial charge is 0.337 e. The molecule has 0 radical (unpaired) electrons. The second-order valence-electron chi connectivity index (χ2n) is 15.1. The number of aromatic nitrogens is 3. The summed E-state index contributed by atoms with van der Waals surface area (Å²) in [5.74, 6) is -0.194. The summed E-state index contributed by atoms with van der Waals surface area (Å²) in [7, 11) is 0. The maximum absolute atomic E-state index is 12.9. The molecule has 0 amide bonds. The van der Waals surface area contributed by atoms with E-state index in [1.165, 1.54) is 11.1 Å². The number of para-hydroxylation sites is 1. The first-order chi connectivity index (χ1) is 22.8. The molecule has 2 aromatic carbocycles. The number of benzene rings is 2. The lowest BCUT2D eigenvalue weighted by atomic mass is 9.81. The number of ether oxygens (including phenoxy) is 1. The first kappa shape index (κ1) is 32.1. The SMILES string of the molecule is Cc1nc(C)c([C@H](OC(C)(C)C)C(=O)O)c(N2CCC(C)(C)CC2)c1-c1ccc2c(c1)CCN(c1ncnc3c1oc1ccccc13)C2. The van der Waals surface area contributed by atoms with Crippen LogP contribution in [0.15, 0.2) is 53.2 Å². The molecule has 0 unspecified atom stereocenters. The van der Waals surface area contributed by atoms with E-state index in [2.05, 4.69) is 51.8 Å². The number of anilines is 2. The van der Waals surface area contributed by atoms with E-state index in [0.29, 0.717) is 23.4 Å². The molecule has 1 N–H and O–H groups in total. The molecule has 5 aromatic rings. The zero-order valence-corrected chi connectivity index (χ0v) is 29.1. The molecule has 48 heavy (non-hydrogen) atoms. The van der Waals surface area contributed by atoms with E-state index in [1.807, 2.05) is 58.9 Å². The van der Waals surface area contributed by atoms with Crippen LogP contribution in [0.5, 0.6) is 0 Å². The van der Waals surface area contributed by atoms with Gasteiger partial charge in [0.05, 0.1) is 11.3 Å². The molecule has 9 heteroatoms. The fourth-order valence-electron chi connectivity index (χ4n) is 7.38. The number of rotatable bonds is 6. The van der Waals surface area contributed by atoms with Crippen molar-refractivity contribution in [1.29, 1.82) is 0 Å². The summed E-state index contributed by atoms with van der Waals surface area (Å²) < 4.78 is 12.5. The van der Waals surface area contributed by atoms with E-state index in [0.717, 1.165) is 83.7 Å². The number of carboxylic acids is 1. The number of aliphatic carboxylic acids is 1. The van der Waals surface area contributed by atoms with Crippen molar-refractivity contribution in [3.8, 4) is 11.1 Å². The number of carboxylic acid groups (broad SMARTS) is 1. The highest BCUT2D eigenvalue weighted by Crippen LogP contribution is 2.45. The van der Waals surface area contributed by atoms with Gasteiger partial charge in [0.25, 0.3) is 0 Å². The Kier molecular flexibility index (Phi) is 7.94. The quantitative estimate of drug-likeness (QED) is 0.195. The normalized spacial score (nSPS) is 17.1. The molecule has 0 spiro atoms. The summed E-state index contributed by atoms with van der Waals surface area (Å²) in [5, 5.41) is 11.5. The number of nitrogens with zero attached hydrogens (tertiary/aromatic N) is 5. The number of aryl methyl sites for hydroxylation is 2. The van der Waals surface area contributed by atoms with Crippen molar-refractivity contribution in [2.45, 2.75) is 86.0 Å². The van der Waals surface area contributed by atoms with Gasteiger partial charge in [0.2, 0.25) is 0 Å². The number of fused-ring (bicyclic) bond motifs is 4. The summed E-state index contributed by atoms with van der Waals surface area (Å²) in [6, 6.07) is 14.6. The van der Waals surface area contributed by atoms with Crippen LogP contribution in [0, 0.1) is 19.3 Å². The molecular weight excluding hydrogens is 602 g/mol. The van der Waals surface area contributed by atoms with Gasteiger partial charge in [-0.3, -0.25) is 4.98 Å². The summed E-state index contributed by atoms with van der Waals surface area (Å²) in [6.07, 6.45) is 3.35. The van der Waals surface area contributed by atoms with Crippen LogP contribution in [-0.4, -0.2) is 51.3 Å². The zero-order valence-electron chi connectivity index (χ0n) is 29.1. The number of hydrogen-bond donors (Lipinski definition) is 1. The molecule has 7 rings (SSSR count). The lowest BCUT2D eigenvalue weighted by molar-refractivity contribution is -0.160. The van der Waals surface area contributed by atoms with Crippen LogP contribution in [0.2, 0.25) is 0 Å². The summed E-state index contributed by atoms with van der Waals surface area (Å²) in [5.41, 5.74) is 9.66. The Morgan fingerprint density at radius 1 is 0.979 bits per heavy atom. The van der Waals surface area contributed by atoms with Crippen LogP contribution in [0.1, 0.15) is 81.6 Å². The first-order valence-corrected chi connectivity index (χ1v) is 17.0. The van der Waals surface area contributed by atoms with Gasteiger partial charge in [-0.05, 0) is 88.1 Å². The van der Waals surface area contributed by atoms with E-state index in [9.17, 15) is 9.90 Å². The number of pyridine rings is 1. The predicted molar refractivity (Wildman–Crippen MR) is 190 cm³/mol. The molecule has 1 saturated heterocycles. The van der Waals surface area contributed by atoms with E-state index in [1.54, 1.807) is 6.33 Å². The number of piperidine rings is 1. The summed E-state index contributed by atoms with van der Waals surface area (Å²) >= 11 is 0. The third kappa shape index (κ3) is 5.89. The zero-order chi connectivity index (χ0) is 34.0. The van der Waals surface area contributed by atoms with Crippen molar-refractivity contribution < 1.29 is 19.1 Å². The molecule has 1 atom stereocenters. The average Bonchev–Trinajstić information content (AvgIpc) is 3.42. The van der Waals surface area contributed by atoms with Crippen LogP contribution in [0.4, 0.5) is 11.5 Å². The van der Waals surface area contributed by atoms with Crippen molar-refractivity contribution in [3.05, 3.63) is 76.9 Å². The number of carbonyl (C=O) groups is 1. The molecule has 2 aliphatic rings. The highest BCUT2D eigenvalue weighted by Gasteiger charge is 2.37. The van der Waals surface area contributed by atoms with E-state index in [4.69, 9.17) is 14.1 Å². The number of hydrogen-bond acceptors (Lipinski definition) is 8. The van der Waals surface area contributed by atoms with Crippen LogP contribution >= 0.6 is 0 Å². The topological polar surface area (TPSA) is 105 Å². The fraction of sp³-hybridized carbons (Fsp3) is 0.436. The Balaban J connectivity index is 1.30. The minimum Gasteiger partial charge on any atom is -0.479 e. The largest absolute Gasteiger partial charge is 0.479 e. The lowest BCUT2D eigenvalue weighted by Crippen LogP contribution is -2.39. The maximum atomic E-state index is 12.9. The van der Waals surface area contributed by atoms with E-state index in [-0.39, 0.29) is 5.41 Å². The van der Waals surface area contributed by atoms with E-state index < -0.39 is 17.7 Å². The Labute approximate surface area is 282 Å². The van der Waals surface area contributed by atoms with Gasteiger partial charge in [0, 0.05) is 54.1 Å². The van der Waals surface area contributed by atoms with Crippen molar-refractivity contribution in [3.63, 3.8) is 0 Å². The average molecular weight is 648 g/mol. The lowest BCUT2D eigenvalue weighted by Gasteiger charge is -2.41. The fourth-order valence-corrected chi connectivity index (χ4v) is 7.38. The second-order valence-corrected chi connectivity index (χ2v) is 15.1. The van der Waals surface area contributed by atoms with Crippen LogP contribution < -0.4 is 9.80 Å². The Morgan fingerprint density at radius 2 is 1.73 bits per heavy atom. The highest BCUT2D eigenvalue weighted by molar-refractivity contribution is 6.05. The number of furan rings is 1. The summed E-state index contributed by atoms with van der Waals surface area (Å²) in [6.45, 7) is 17.4. The molecule has 9 nitrogen and oxygen atoms in total. The molecular formula is C39H45N5O4. The van der Waals surface area contributed by atoms with Gasteiger partial charge in [0.1, 0.15) is 17.4 Å². The highest BCUT2D eigenvalue weighted by atomic mass is 16.5. The molecule has 0 bridgehead atoms. The van der Waals surface area contributed by atoms with Crippen LogP contribution in [0.25, 0.3) is 33.2 Å². The Hall–Kier alpha value is -4.50. The van der Waals surface area contributed by atoms with Gasteiger partial charge in [-0.2, -0.15) is 0 Å². The van der Waals surface area contributed by atoms with Gasteiger partial charge in [0.15, 0.2) is 17.5 Å². The molecule has 5 heterocycles. The molecule has 3 aromatic heterocycles. The third-order valence-corrected chi connectivity index (χ3v) is 9.92. The van der Waals surface area contributed by atoms with Crippen molar-refractivity contribution >= 4 is 39.5 Å². The van der Waals surface area contributed by atoms with Gasteiger partial charge in [-0.1, -0.05) is 44.2 Å². The van der Waals surface area contributed by atoms with E-state index >= 15 is 0 Å². The van der Waals surface area contributed by atoms with Gasteiger partial charge >= 0.3 is 5.97 Å². The molecule has 250 valence electrons. The third-order valence-electron chi connectivity index (χ3n) is 9.92. The first-order valence-electron chi connectivity index (χ1n) is 17.0. The Bertz CT molecular complexity index is 2030. The Morgan fingerprint density at radius 3 is 2.46 bits per heavy atom. The van der Waals surface area contributed by atoms with Crippen molar-refractivity contribution in [2.75, 3.05) is 29.4 Å². The molecule has 0 aliphatic carbocycles. The van der Waals surface area contributed by atoms with Gasteiger partial charge in [-0.15, -0.1) is 0 Å². The maximum Gasteiger partial charge on any atom is 0.337 e. The molecule has 1 fully saturated rings. The molecule has 0 saturated carbocycles. The predicted octanol–water partition coefficient (Wildman–Crippen LogP) is 8.18. The second kappa shape index (κ2) is 11.9. The van der Waals surface area contributed by atoms with Crippen LogP contribution in [0.3, 0.4) is 0 Å². The van der Waals surface area contributed by atoms with Gasteiger partial charge in [-0.25, -0.2) is 14.8 Å². The minimum absolute atomic E-state index is 0.234.